The fourth-order valence-corrected chi connectivity index (χ4v) is 2.90. The van der Waals surface area contributed by atoms with Gasteiger partial charge in [0.25, 0.3) is 11.3 Å². The number of rotatable bonds is 5. The fourth-order valence-electron chi connectivity index (χ4n) is 2.90. The van der Waals surface area contributed by atoms with Crippen LogP contribution in [-0.4, -0.2) is 35.3 Å². The van der Waals surface area contributed by atoms with Crippen LogP contribution in [0.1, 0.15) is 36.5 Å². The second-order valence-corrected chi connectivity index (χ2v) is 6.92. The summed E-state index contributed by atoms with van der Waals surface area (Å²) in [6.07, 6.45) is 0.638. The number of anilines is 1. The van der Waals surface area contributed by atoms with Gasteiger partial charge in [-0.15, -0.1) is 0 Å². The highest BCUT2D eigenvalue weighted by Crippen LogP contribution is 2.10. The number of carbonyl (C=O) groups excluding carboxylic acids is 1. The molecule has 0 spiro atoms. The summed E-state index contributed by atoms with van der Waals surface area (Å²) in [5, 5.41) is 9.72. The van der Waals surface area contributed by atoms with Gasteiger partial charge in [-0.2, -0.15) is 14.6 Å². The molecule has 0 aliphatic heterocycles. The van der Waals surface area contributed by atoms with Gasteiger partial charge in [-0.3, -0.25) is 24.7 Å². The van der Waals surface area contributed by atoms with E-state index < -0.39 is 0 Å². The average Bonchev–Trinajstić information content (AvgIpc) is 3.06. The Bertz CT molecular complexity index is 1030. The van der Waals surface area contributed by atoms with E-state index in [1.54, 1.807) is 11.6 Å². The number of aromatic amines is 1. The van der Waals surface area contributed by atoms with Crippen molar-refractivity contribution >= 4 is 17.6 Å². The van der Waals surface area contributed by atoms with E-state index in [9.17, 15) is 9.59 Å². The lowest BCUT2D eigenvalue weighted by atomic mass is 10.0. The number of H-pyrrole nitrogens is 1. The molecule has 3 aromatic heterocycles. The van der Waals surface area contributed by atoms with Gasteiger partial charge in [-0.25, -0.2) is 4.98 Å². The van der Waals surface area contributed by atoms with Crippen molar-refractivity contribution in [3.8, 4) is 0 Å². The minimum Gasteiger partial charge on any atom is -0.293 e. The van der Waals surface area contributed by atoms with Gasteiger partial charge in [0, 0.05) is 11.3 Å². The van der Waals surface area contributed by atoms with Gasteiger partial charge in [0.1, 0.15) is 6.54 Å². The molecule has 0 unspecified atom stereocenters. The van der Waals surface area contributed by atoms with Crippen LogP contribution in [0.5, 0.6) is 0 Å². The van der Waals surface area contributed by atoms with E-state index in [4.69, 9.17) is 0 Å². The number of nitrogens with one attached hydrogen (secondary N) is 2. The van der Waals surface area contributed by atoms with Gasteiger partial charge in [0.2, 0.25) is 11.9 Å². The second kappa shape index (κ2) is 6.74. The molecule has 138 valence electrons. The highest BCUT2D eigenvalue weighted by atomic mass is 16.2. The summed E-state index contributed by atoms with van der Waals surface area (Å²) in [6.45, 7) is 9.72. The Kier molecular flexibility index (Phi) is 4.62. The van der Waals surface area contributed by atoms with Gasteiger partial charge < -0.3 is 0 Å². The van der Waals surface area contributed by atoms with E-state index in [-0.39, 0.29) is 29.7 Å². The fraction of sp³-hybridized carbons (Fsp3) is 0.471. The Morgan fingerprint density at radius 1 is 1.27 bits per heavy atom. The number of fused-ring (bicyclic) bond motifs is 1. The van der Waals surface area contributed by atoms with E-state index in [1.165, 1.54) is 4.52 Å². The average molecular weight is 357 g/mol. The summed E-state index contributed by atoms with van der Waals surface area (Å²) in [5.74, 6) is 0.468. The third kappa shape index (κ3) is 3.51. The predicted octanol–water partition coefficient (Wildman–Crippen LogP) is 1.38. The number of aromatic nitrogens is 6. The van der Waals surface area contributed by atoms with Crippen molar-refractivity contribution in [2.75, 3.05) is 5.32 Å². The van der Waals surface area contributed by atoms with Gasteiger partial charge in [-0.05, 0) is 39.2 Å². The molecule has 2 N–H and O–H groups in total. The Balaban J connectivity index is 1.85. The third-order valence-corrected chi connectivity index (χ3v) is 4.06. The molecule has 0 fully saturated rings. The smallest absolute Gasteiger partial charge is 0.277 e. The number of hydrogen-bond donors (Lipinski definition) is 2. The highest BCUT2D eigenvalue weighted by Gasteiger charge is 2.15. The third-order valence-electron chi connectivity index (χ3n) is 4.06. The predicted molar refractivity (Wildman–Crippen MR) is 97.2 cm³/mol. The molecule has 9 heteroatoms. The molecule has 1 amide bonds. The molecule has 0 atom stereocenters. The van der Waals surface area contributed by atoms with Gasteiger partial charge in [0.05, 0.1) is 11.4 Å². The van der Waals surface area contributed by atoms with Crippen LogP contribution in [-0.2, 0) is 17.8 Å². The van der Waals surface area contributed by atoms with Gasteiger partial charge in [0.15, 0.2) is 0 Å². The molecular weight excluding hydrogens is 334 g/mol. The van der Waals surface area contributed by atoms with E-state index in [2.05, 4.69) is 25.5 Å². The first kappa shape index (κ1) is 17.8. The van der Waals surface area contributed by atoms with Crippen molar-refractivity contribution in [2.24, 2.45) is 5.92 Å². The van der Waals surface area contributed by atoms with Crippen molar-refractivity contribution in [1.82, 2.24) is 29.4 Å². The summed E-state index contributed by atoms with van der Waals surface area (Å²) in [6, 6.07) is 1.90. The first-order chi connectivity index (χ1) is 12.2. The van der Waals surface area contributed by atoms with Crippen molar-refractivity contribution in [2.45, 2.75) is 47.6 Å². The van der Waals surface area contributed by atoms with Crippen LogP contribution in [0.15, 0.2) is 10.9 Å². The maximum atomic E-state index is 12.6. The van der Waals surface area contributed by atoms with Crippen LogP contribution < -0.4 is 10.9 Å². The van der Waals surface area contributed by atoms with Crippen molar-refractivity contribution in [1.29, 1.82) is 0 Å². The number of hydrogen-bond acceptors (Lipinski definition) is 5. The number of carbonyl (C=O) groups is 1. The van der Waals surface area contributed by atoms with E-state index in [1.807, 2.05) is 33.8 Å². The molecule has 0 saturated carbocycles. The summed E-state index contributed by atoms with van der Waals surface area (Å²) < 4.78 is 2.88. The van der Waals surface area contributed by atoms with Crippen LogP contribution in [0.25, 0.3) is 5.78 Å². The second-order valence-electron chi connectivity index (χ2n) is 6.92. The van der Waals surface area contributed by atoms with E-state index in [0.717, 1.165) is 11.4 Å². The highest BCUT2D eigenvalue weighted by molar-refractivity contribution is 5.88. The van der Waals surface area contributed by atoms with Crippen LogP contribution in [0, 0.1) is 26.7 Å². The Morgan fingerprint density at radius 2 is 2.00 bits per heavy atom. The lowest BCUT2D eigenvalue weighted by Crippen LogP contribution is -2.23. The topological polar surface area (TPSA) is 110 Å². The standard InChI is InChI=1S/C17H23N7O2/c1-9(2)6-13-12(5)18-17-20-16(22-24(17)15(13)26)19-14(25)8-23-11(4)7-10(3)21-23/h7,9H,6,8H2,1-5H3,(H2,18,19,20,22,25). The molecule has 0 aliphatic carbocycles. The minimum absolute atomic E-state index is 0.0661. The molecular formula is C17H23N7O2. The molecule has 26 heavy (non-hydrogen) atoms. The van der Waals surface area contributed by atoms with Crippen LogP contribution in [0.3, 0.4) is 0 Å². The first-order valence-corrected chi connectivity index (χ1v) is 8.53. The minimum atomic E-state index is -0.289. The molecule has 0 radical (unpaired) electrons. The normalized spacial score (nSPS) is 11.5. The van der Waals surface area contributed by atoms with E-state index >= 15 is 0 Å². The summed E-state index contributed by atoms with van der Waals surface area (Å²) in [5.41, 5.74) is 2.88. The zero-order valence-corrected chi connectivity index (χ0v) is 15.6. The molecule has 9 nitrogen and oxygen atoms in total. The summed E-state index contributed by atoms with van der Waals surface area (Å²) in [4.78, 5) is 33.5. The monoisotopic (exact) mass is 357 g/mol. The SMILES string of the molecule is Cc1cc(C)n(CC(=O)Nc2nc3nc(C)c(CC(C)C)c(=O)n3[nH]2)n1. The Hall–Kier alpha value is -2.97. The van der Waals surface area contributed by atoms with E-state index in [0.29, 0.717) is 23.6 Å². The molecule has 3 aromatic rings. The Morgan fingerprint density at radius 3 is 2.62 bits per heavy atom. The van der Waals surface area contributed by atoms with Crippen LogP contribution in [0.2, 0.25) is 0 Å². The lowest BCUT2D eigenvalue weighted by Gasteiger charge is -2.06. The number of amides is 1. The Labute approximate surface area is 150 Å². The maximum absolute atomic E-state index is 12.6. The summed E-state index contributed by atoms with van der Waals surface area (Å²) in [7, 11) is 0. The largest absolute Gasteiger partial charge is 0.293 e. The van der Waals surface area contributed by atoms with Gasteiger partial charge >= 0.3 is 0 Å². The maximum Gasteiger partial charge on any atom is 0.277 e. The van der Waals surface area contributed by atoms with Crippen molar-refractivity contribution in [3.63, 3.8) is 0 Å². The van der Waals surface area contributed by atoms with Crippen LogP contribution in [0.4, 0.5) is 5.95 Å². The number of aryl methyl sites for hydroxylation is 3. The first-order valence-electron chi connectivity index (χ1n) is 8.53. The molecule has 0 saturated heterocycles. The molecule has 0 aliphatic rings. The van der Waals surface area contributed by atoms with Gasteiger partial charge in [-0.1, -0.05) is 13.8 Å². The zero-order valence-electron chi connectivity index (χ0n) is 15.6. The van der Waals surface area contributed by atoms with Crippen molar-refractivity contribution in [3.05, 3.63) is 39.1 Å². The van der Waals surface area contributed by atoms with Crippen molar-refractivity contribution < 1.29 is 4.79 Å². The molecule has 0 aromatic carbocycles. The lowest BCUT2D eigenvalue weighted by molar-refractivity contribution is -0.117. The molecule has 3 rings (SSSR count). The summed E-state index contributed by atoms with van der Waals surface area (Å²) >= 11 is 0. The zero-order chi connectivity index (χ0) is 19.0. The molecule has 0 bridgehead atoms. The quantitative estimate of drug-likeness (QED) is 0.717. The number of nitrogens with zero attached hydrogens (tertiary/aromatic N) is 5. The van der Waals surface area contributed by atoms with Crippen LogP contribution >= 0.6 is 0 Å². The molecule has 3 heterocycles.